The summed E-state index contributed by atoms with van der Waals surface area (Å²) in [7, 11) is 0. The quantitative estimate of drug-likeness (QED) is 0.852. The van der Waals surface area contributed by atoms with Gasteiger partial charge in [-0.2, -0.15) is 5.26 Å². The highest BCUT2D eigenvalue weighted by Crippen LogP contribution is 2.32. The number of anilines is 1. The summed E-state index contributed by atoms with van der Waals surface area (Å²) in [6.45, 7) is 5.03. The maximum absolute atomic E-state index is 9.41. The zero-order chi connectivity index (χ0) is 16.5. The third kappa shape index (κ3) is 2.66. The van der Waals surface area contributed by atoms with Crippen LogP contribution in [-0.4, -0.2) is 27.6 Å². The van der Waals surface area contributed by atoms with Gasteiger partial charge in [0, 0.05) is 49.3 Å². The maximum atomic E-state index is 9.41. The van der Waals surface area contributed by atoms with Crippen LogP contribution in [0.3, 0.4) is 0 Å². The molecule has 24 heavy (non-hydrogen) atoms. The van der Waals surface area contributed by atoms with Crippen LogP contribution in [0.5, 0.6) is 0 Å². The summed E-state index contributed by atoms with van der Waals surface area (Å²) in [6, 6.07) is 4.34. The SMILES string of the molecule is Cc1cc(N2CCC[C@H](c3ncc4n3CCCC4)C2)c(C#N)cn1. The number of nitrogens with zero attached hydrogens (tertiary/aromatic N) is 5. The van der Waals surface area contributed by atoms with Gasteiger partial charge < -0.3 is 9.47 Å². The molecule has 124 valence electrons. The third-order valence-electron chi connectivity index (χ3n) is 5.30. The number of pyridine rings is 1. The summed E-state index contributed by atoms with van der Waals surface area (Å²) >= 11 is 0. The molecular formula is C19H23N5. The van der Waals surface area contributed by atoms with Crippen molar-refractivity contribution < 1.29 is 0 Å². The van der Waals surface area contributed by atoms with Gasteiger partial charge >= 0.3 is 0 Å². The molecule has 0 saturated carbocycles. The van der Waals surface area contributed by atoms with Crippen LogP contribution in [0.1, 0.15) is 54.4 Å². The minimum Gasteiger partial charge on any atom is -0.370 e. The van der Waals surface area contributed by atoms with E-state index in [1.54, 1.807) is 6.20 Å². The molecule has 2 aliphatic heterocycles. The predicted octanol–water partition coefficient (Wildman–Crippen LogP) is 3.18. The average Bonchev–Trinajstić information content (AvgIpc) is 3.06. The summed E-state index contributed by atoms with van der Waals surface area (Å²) in [6.07, 6.45) is 9.79. The van der Waals surface area contributed by atoms with Gasteiger partial charge in [0.15, 0.2) is 0 Å². The van der Waals surface area contributed by atoms with Crippen molar-refractivity contribution in [3.63, 3.8) is 0 Å². The molecule has 0 spiro atoms. The molecule has 2 aromatic rings. The van der Waals surface area contributed by atoms with Crippen molar-refractivity contribution in [1.82, 2.24) is 14.5 Å². The molecule has 0 amide bonds. The lowest BCUT2D eigenvalue weighted by Gasteiger charge is -2.35. The van der Waals surface area contributed by atoms with Gasteiger partial charge in [-0.15, -0.1) is 0 Å². The van der Waals surface area contributed by atoms with Gasteiger partial charge in [-0.3, -0.25) is 4.98 Å². The fourth-order valence-corrected chi connectivity index (χ4v) is 4.09. The number of aromatic nitrogens is 3. The van der Waals surface area contributed by atoms with Crippen molar-refractivity contribution in [2.24, 2.45) is 0 Å². The highest BCUT2D eigenvalue weighted by atomic mass is 15.2. The number of aryl methyl sites for hydroxylation is 2. The second-order valence-corrected chi connectivity index (χ2v) is 6.96. The minimum absolute atomic E-state index is 0.450. The number of piperidine rings is 1. The summed E-state index contributed by atoms with van der Waals surface area (Å²) in [5.74, 6) is 1.70. The lowest BCUT2D eigenvalue weighted by Crippen LogP contribution is -2.36. The van der Waals surface area contributed by atoms with Crippen LogP contribution in [0.15, 0.2) is 18.5 Å². The minimum atomic E-state index is 0.450. The number of nitriles is 1. The normalized spacial score (nSPS) is 20.5. The van der Waals surface area contributed by atoms with Gasteiger partial charge in [0.25, 0.3) is 0 Å². The summed E-state index contributed by atoms with van der Waals surface area (Å²) in [5, 5.41) is 9.41. The van der Waals surface area contributed by atoms with Crippen molar-refractivity contribution in [3.8, 4) is 6.07 Å². The Kier molecular flexibility index (Phi) is 3.97. The van der Waals surface area contributed by atoms with Crippen molar-refractivity contribution >= 4 is 5.69 Å². The fourth-order valence-electron chi connectivity index (χ4n) is 4.09. The second kappa shape index (κ2) is 6.27. The first-order valence-electron chi connectivity index (χ1n) is 8.92. The Labute approximate surface area is 143 Å². The molecule has 0 aliphatic carbocycles. The largest absolute Gasteiger partial charge is 0.370 e. The molecule has 4 heterocycles. The topological polar surface area (TPSA) is 57.7 Å². The Balaban J connectivity index is 1.62. The van der Waals surface area contributed by atoms with E-state index in [2.05, 4.69) is 26.7 Å². The lowest BCUT2D eigenvalue weighted by molar-refractivity contribution is 0.445. The van der Waals surface area contributed by atoms with Crippen LogP contribution in [0.4, 0.5) is 5.69 Å². The van der Waals surface area contributed by atoms with E-state index in [9.17, 15) is 5.26 Å². The van der Waals surface area contributed by atoms with E-state index < -0.39 is 0 Å². The molecule has 1 saturated heterocycles. The molecule has 0 bridgehead atoms. The smallest absolute Gasteiger partial charge is 0.113 e. The second-order valence-electron chi connectivity index (χ2n) is 6.96. The van der Waals surface area contributed by atoms with Gasteiger partial charge in [-0.1, -0.05) is 0 Å². The van der Waals surface area contributed by atoms with Crippen LogP contribution >= 0.6 is 0 Å². The maximum Gasteiger partial charge on any atom is 0.113 e. The van der Waals surface area contributed by atoms with Crippen molar-refractivity contribution in [2.75, 3.05) is 18.0 Å². The summed E-state index contributed by atoms with van der Waals surface area (Å²) in [4.78, 5) is 11.4. The van der Waals surface area contributed by atoms with E-state index in [-0.39, 0.29) is 0 Å². The first-order chi connectivity index (χ1) is 11.8. The Hall–Kier alpha value is -2.35. The van der Waals surface area contributed by atoms with E-state index in [1.165, 1.54) is 30.8 Å². The Morgan fingerprint density at radius 1 is 1.17 bits per heavy atom. The number of hydrogen-bond acceptors (Lipinski definition) is 4. The molecule has 1 fully saturated rings. The van der Waals surface area contributed by atoms with E-state index in [0.717, 1.165) is 43.9 Å². The molecule has 1 atom stereocenters. The number of hydrogen-bond donors (Lipinski definition) is 0. The van der Waals surface area contributed by atoms with Crippen molar-refractivity contribution in [2.45, 2.75) is 51.5 Å². The third-order valence-corrected chi connectivity index (χ3v) is 5.30. The molecule has 0 N–H and O–H groups in total. The molecule has 0 unspecified atom stereocenters. The molecule has 0 radical (unpaired) electrons. The van der Waals surface area contributed by atoms with Gasteiger partial charge in [0.2, 0.25) is 0 Å². The molecule has 2 aromatic heterocycles. The Morgan fingerprint density at radius 3 is 2.96 bits per heavy atom. The van der Waals surface area contributed by atoms with Crippen molar-refractivity contribution in [1.29, 1.82) is 5.26 Å². The number of imidazole rings is 1. The van der Waals surface area contributed by atoms with E-state index in [4.69, 9.17) is 4.98 Å². The molecular weight excluding hydrogens is 298 g/mol. The van der Waals surface area contributed by atoms with Crippen LogP contribution in [0.2, 0.25) is 0 Å². The van der Waals surface area contributed by atoms with Gasteiger partial charge in [0.05, 0.1) is 11.3 Å². The number of fused-ring (bicyclic) bond motifs is 1. The predicted molar refractivity (Wildman–Crippen MR) is 93.0 cm³/mol. The summed E-state index contributed by atoms with van der Waals surface area (Å²) in [5.41, 5.74) is 4.06. The van der Waals surface area contributed by atoms with Crippen LogP contribution in [0.25, 0.3) is 0 Å². The monoisotopic (exact) mass is 321 g/mol. The molecule has 0 aromatic carbocycles. The Bertz CT molecular complexity index is 786. The highest BCUT2D eigenvalue weighted by Gasteiger charge is 2.28. The summed E-state index contributed by atoms with van der Waals surface area (Å²) < 4.78 is 2.45. The van der Waals surface area contributed by atoms with E-state index >= 15 is 0 Å². The first-order valence-corrected chi connectivity index (χ1v) is 8.92. The fraction of sp³-hybridized carbons (Fsp3) is 0.526. The van der Waals surface area contributed by atoms with E-state index in [0.29, 0.717) is 11.5 Å². The number of rotatable bonds is 2. The van der Waals surface area contributed by atoms with Crippen LogP contribution < -0.4 is 4.90 Å². The standard InChI is InChI=1S/C19H23N5/c1-14-9-18(16(10-20)11-21-14)23-7-4-5-15(13-23)19-22-12-17-6-2-3-8-24(17)19/h9,11-12,15H,2-8,13H2,1H3/t15-/m0/s1. The van der Waals surface area contributed by atoms with Gasteiger partial charge in [-0.05, 0) is 45.1 Å². The van der Waals surface area contributed by atoms with Gasteiger partial charge in [-0.25, -0.2) is 4.98 Å². The Morgan fingerprint density at radius 2 is 2.08 bits per heavy atom. The highest BCUT2D eigenvalue weighted by molar-refractivity contribution is 5.59. The van der Waals surface area contributed by atoms with Crippen LogP contribution in [-0.2, 0) is 13.0 Å². The molecule has 5 heteroatoms. The van der Waals surface area contributed by atoms with Gasteiger partial charge in [0.1, 0.15) is 11.9 Å². The first kappa shape index (κ1) is 15.2. The van der Waals surface area contributed by atoms with E-state index in [1.807, 2.05) is 13.0 Å². The van der Waals surface area contributed by atoms with Crippen LogP contribution in [0, 0.1) is 18.3 Å². The molecule has 2 aliphatic rings. The molecule has 4 rings (SSSR count). The average molecular weight is 321 g/mol. The van der Waals surface area contributed by atoms with Crippen molar-refractivity contribution in [3.05, 3.63) is 41.2 Å². The zero-order valence-corrected chi connectivity index (χ0v) is 14.2. The zero-order valence-electron chi connectivity index (χ0n) is 14.2. The molecule has 5 nitrogen and oxygen atoms in total. The lowest BCUT2D eigenvalue weighted by atomic mass is 9.95.